The Bertz CT molecular complexity index is 662. The Labute approximate surface area is 138 Å². The minimum atomic E-state index is -0.388. The maximum absolute atomic E-state index is 13.2. The van der Waals surface area contributed by atoms with Crippen LogP contribution in [0, 0.1) is 11.7 Å². The van der Waals surface area contributed by atoms with Crippen molar-refractivity contribution in [2.24, 2.45) is 5.92 Å². The van der Waals surface area contributed by atoms with Gasteiger partial charge in [-0.3, -0.25) is 4.98 Å². The summed E-state index contributed by atoms with van der Waals surface area (Å²) in [7, 11) is 0. The van der Waals surface area contributed by atoms with Gasteiger partial charge in [0.2, 0.25) is 0 Å². The molecule has 22 heavy (non-hydrogen) atoms. The lowest BCUT2D eigenvalue weighted by molar-refractivity contribution is 0.144. The van der Waals surface area contributed by atoms with Crippen LogP contribution in [0.15, 0.2) is 36.7 Å². The summed E-state index contributed by atoms with van der Waals surface area (Å²) in [6, 6.07) is 5.97. The van der Waals surface area contributed by atoms with Crippen LogP contribution in [0.1, 0.15) is 18.1 Å². The van der Waals surface area contributed by atoms with Gasteiger partial charge in [0.25, 0.3) is 0 Å². The number of halogens is 3. The van der Waals surface area contributed by atoms with E-state index in [0.29, 0.717) is 10.8 Å². The van der Waals surface area contributed by atoms with Crippen molar-refractivity contribution in [1.29, 1.82) is 0 Å². The van der Waals surface area contributed by atoms with Crippen LogP contribution < -0.4 is 10.1 Å². The van der Waals surface area contributed by atoms with Crippen molar-refractivity contribution in [2.75, 3.05) is 13.1 Å². The molecular weight excluding hydrogens is 326 g/mol. The van der Waals surface area contributed by atoms with Crippen molar-refractivity contribution >= 4 is 23.2 Å². The van der Waals surface area contributed by atoms with Gasteiger partial charge in [-0.15, -0.1) is 0 Å². The summed E-state index contributed by atoms with van der Waals surface area (Å²) >= 11 is 12.1. The van der Waals surface area contributed by atoms with Crippen LogP contribution in [0.25, 0.3) is 0 Å². The molecule has 0 amide bonds. The molecule has 1 saturated heterocycles. The van der Waals surface area contributed by atoms with Crippen molar-refractivity contribution < 1.29 is 9.13 Å². The summed E-state index contributed by atoms with van der Waals surface area (Å²) in [4.78, 5) is 4.13. The Hall–Kier alpha value is -1.36. The number of aromatic nitrogens is 1. The molecule has 0 aliphatic carbocycles. The van der Waals surface area contributed by atoms with Crippen LogP contribution in [-0.4, -0.2) is 18.1 Å². The van der Waals surface area contributed by atoms with E-state index in [-0.39, 0.29) is 22.9 Å². The Morgan fingerprint density at radius 2 is 2.14 bits per heavy atom. The van der Waals surface area contributed by atoms with E-state index in [0.717, 1.165) is 25.1 Å². The van der Waals surface area contributed by atoms with Gasteiger partial charge in [0.05, 0.1) is 10.0 Å². The third kappa shape index (κ3) is 3.51. The molecule has 1 N–H and O–H groups in total. The number of nitrogens with zero attached hydrogens (tertiary/aromatic N) is 1. The van der Waals surface area contributed by atoms with Crippen LogP contribution in [0.5, 0.6) is 5.75 Å². The molecule has 2 aromatic rings. The second kappa shape index (κ2) is 6.82. The van der Waals surface area contributed by atoms with Crippen molar-refractivity contribution in [3.05, 3.63) is 58.1 Å². The largest absolute Gasteiger partial charge is 0.484 e. The average Bonchev–Trinajstić information content (AvgIpc) is 3.00. The fourth-order valence-electron chi connectivity index (χ4n) is 2.66. The minimum Gasteiger partial charge on any atom is -0.484 e. The first-order chi connectivity index (χ1) is 10.6. The second-order valence-electron chi connectivity index (χ2n) is 5.30. The number of hydrogen-bond acceptors (Lipinski definition) is 3. The maximum atomic E-state index is 13.2. The van der Waals surface area contributed by atoms with Gasteiger partial charge >= 0.3 is 0 Å². The fourth-order valence-corrected chi connectivity index (χ4v) is 3.06. The highest BCUT2D eigenvalue weighted by atomic mass is 35.5. The average molecular weight is 341 g/mol. The normalized spacial score (nSPS) is 19.1. The Kier molecular flexibility index (Phi) is 4.81. The predicted molar refractivity (Wildman–Crippen MR) is 85.0 cm³/mol. The summed E-state index contributed by atoms with van der Waals surface area (Å²) in [5, 5.41) is 4.13. The quantitative estimate of drug-likeness (QED) is 0.902. The van der Waals surface area contributed by atoms with Crippen molar-refractivity contribution in [2.45, 2.75) is 12.5 Å². The molecule has 1 fully saturated rings. The van der Waals surface area contributed by atoms with Gasteiger partial charge in [0.1, 0.15) is 17.7 Å². The molecule has 0 bridgehead atoms. The van der Waals surface area contributed by atoms with Gasteiger partial charge in [-0.1, -0.05) is 23.2 Å². The van der Waals surface area contributed by atoms with E-state index in [4.69, 9.17) is 27.9 Å². The van der Waals surface area contributed by atoms with Crippen LogP contribution in [-0.2, 0) is 0 Å². The van der Waals surface area contributed by atoms with E-state index in [2.05, 4.69) is 10.3 Å². The summed E-state index contributed by atoms with van der Waals surface area (Å²) in [6.45, 7) is 1.78. The van der Waals surface area contributed by atoms with Crippen molar-refractivity contribution in [3.8, 4) is 5.75 Å². The number of benzene rings is 1. The third-order valence-electron chi connectivity index (χ3n) is 3.73. The first-order valence-corrected chi connectivity index (χ1v) is 7.82. The number of pyridine rings is 1. The van der Waals surface area contributed by atoms with Crippen LogP contribution in [0.4, 0.5) is 4.39 Å². The molecule has 1 unspecified atom stereocenters. The molecular formula is C16H15Cl2FN2O. The van der Waals surface area contributed by atoms with Crippen molar-refractivity contribution in [3.63, 3.8) is 0 Å². The SMILES string of the molecule is Fc1ccc(OC(c2cncc(Cl)c2)[C@H]2CCNC2)c(Cl)c1. The molecule has 3 rings (SSSR count). The maximum Gasteiger partial charge on any atom is 0.139 e. The van der Waals surface area contributed by atoms with E-state index in [9.17, 15) is 4.39 Å². The van der Waals surface area contributed by atoms with Crippen LogP contribution in [0.2, 0.25) is 10.0 Å². The monoisotopic (exact) mass is 340 g/mol. The number of rotatable bonds is 4. The minimum absolute atomic E-state index is 0.232. The summed E-state index contributed by atoms with van der Waals surface area (Å²) in [5.41, 5.74) is 0.890. The van der Waals surface area contributed by atoms with Gasteiger partial charge in [0, 0.05) is 30.4 Å². The zero-order chi connectivity index (χ0) is 15.5. The molecule has 3 nitrogen and oxygen atoms in total. The topological polar surface area (TPSA) is 34.1 Å². The molecule has 6 heteroatoms. The van der Waals surface area contributed by atoms with Gasteiger partial charge < -0.3 is 10.1 Å². The molecule has 0 radical (unpaired) electrons. The van der Waals surface area contributed by atoms with Gasteiger partial charge in [0.15, 0.2) is 0 Å². The van der Waals surface area contributed by atoms with E-state index in [1.165, 1.54) is 12.1 Å². The van der Waals surface area contributed by atoms with Crippen LogP contribution in [0.3, 0.4) is 0 Å². The lowest BCUT2D eigenvalue weighted by Gasteiger charge is -2.25. The lowest BCUT2D eigenvalue weighted by atomic mass is 9.96. The predicted octanol–water partition coefficient (Wildman–Crippen LogP) is 4.26. The Balaban J connectivity index is 1.91. The standard InChI is InChI=1S/C16H15Cl2FN2O/c17-12-5-11(8-21-9-12)16(10-3-4-20-7-10)22-15-2-1-13(19)6-14(15)18/h1-2,5-6,8-10,16,20H,3-4,7H2/t10-,16?/m0/s1. The number of ether oxygens (including phenoxy) is 1. The molecule has 0 spiro atoms. The van der Waals surface area contributed by atoms with Crippen LogP contribution >= 0.6 is 23.2 Å². The molecule has 1 aliphatic heterocycles. The highest BCUT2D eigenvalue weighted by molar-refractivity contribution is 6.32. The zero-order valence-electron chi connectivity index (χ0n) is 11.7. The van der Waals surface area contributed by atoms with Crippen molar-refractivity contribution in [1.82, 2.24) is 10.3 Å². The summed E-state index contributed by atoms with van der Waals surface area (Å²) < 4.78 is 19.3. The highest BCUT2D eigenvalue weighted by Gasteiger charge is 2.29. The van der Waals surface area contributed by atoms with Gasteiger partial charge in [-0.2, -0.15) is 0 Å². The number of nitrogens with one attached hydrogen (secondary N) is 1. The first-order valence-electron chi connectivity index (χ1n) is 7.06. The lowest BCUT2D eigenvalue weighted by Crippen LogP contribution is -2.21. The van der Waals surface area contributed by atoms with Gasteiger partial charge in [-0.05, 0) is 37.2 Å². The molecule has 2 heterocycles. The molecule has 0 saturated carbocycles. The van der Waals surface area contributed by atoms with E-state index < -0.39 is 0 Å². The summed E-state index contributed by atoms with van der Waals surface area (Å²) in [5.74, 6) is 0.349. The second-order valence-corrected chi connectivity index (χ2v) is 6.15. The fraction of sp³-hybridized carbons (Fsp3) is 0.312. The Morgan fingerprint density at radius 3 is 2.82 bits per heavy atom. The zero-order valence-corrected chi connectivity index (χ0v) is 13.2. The summed E-state index contributed by atoms with van der Waals surface area (Å²) in [6.07, 6.45) is 4.08. The van der Waals surface area contributed by atoms with Gasteiger partial charge in [-0.25, -0.2) is 4.39 Å². The smallest absolute Gasteiger partial charge is 0.139 e. The number of hydrogen-bond donors (Lipinski definition) is 1. The third-order valence-corrected chi connectivity index (χ3v) is 4.23. The first kappa shape index (κ1) is 15.5. The molecule has 1 aliphatic rings. The molecule has 1 aromatic heterocycles. The Morgan fingerprint density at radius 1 is 1.27 bits per heavy atom. The molecule has 116 valence electrons. The highest BCUT2D eigenvalue weighted by Crippen LogP contribution is 2.35. The van der Waals surface area contributed by atoms with E-state index in [1.807, 2.05) is 6.07 Å². The molecule has 2 atom stereocenters. The van der Waals surface area contributed by atoms with E-state index in [1.54, 1.807) is 18.5 Å². The van der Waals surface area contributed by atoms with E-state index >= 15 is 0 Å². The molecule has 1 aromatic carbocycles.